The number of phenols is 1. The average molecular weight is 398 g/mol. The van der Waals surface area contributed by atoms with Crippen molar-refractivity contribution in [2.24, 2.45) is 5.92 Å². The summed E-state index contributed by atoms with van der Waals surface area (Å²) < 4.78 is 13.3. The van der Waals surface area contributed by atoms with Crippen LogP contribution in [0.2, 0.25) is 0 Å². The van der Waals surface area contributed by atoms with Gasteiger partial charge in [0.15, 0.2) is 22.9 Å². The van der Waals surface area contributed by atoms with E-state index in [-0.39, 0.29) is 17.6 Å². The van der Waals surface area contributed by atoms with Crippen LogP contribution in [0.4, 0.5) is 0 Å². The van der Waals surface area contributed by atoms with Gasteiger partial charge in [0.2, 0.25) is 0 Å². The number of rotatable bonds is 5. The molecule has 29 heavy (non-hydrogen) atoms. The molecule has 156 valence electrons. The van der Waals surface area contributed by atoms with E-state index in [0.29, 0.717) is 18.8 Å². The van der Waals surface area contributed by atoms with Crippen LogP contribution < -0.4 is 4.74 Å². The molecule has 0 unspecified atom stereocenters. The van der Waals surface area contributed by atoms with Crippen LogP contribution >= 0.6 is 0 Å². The first-order chi connectivity index (χ1) is 14.0. The third-order valence-corrected chi connectivity index (χ3v) is 8.67. The average Bonchev–Trinajstić information content (AvgIpc) is 3.47. The van der Waals surface area contributed by atoms with Crippen molar-refractivity contribution in [2.45, 2.75) is 81.5 Å². The first-order valence-electron chi connectivity index (χ1n) is 11.4. The summed E-state index contributed by atoms with van der Waals surface area (Å²) in [6, 6.07) is 4.07. The van der Waals surface area contributed by atoms with E-state index >= 15 is 0 Å². The van der Waals surface area contributed by atoms with E-state index in [1.54, 1.807) is 6.07 Å². The zero-order valence-electron chi connectivity index (χ0n) is 17.5. The number of aromatic hydroxyl groups is 1. The molecule has 2 aliphatic heterocycles. The molecule has 0 aromatic heterocycles. The highest BCUT2D eigenvalue weighted by atomic mass is 16.5. The smallest absolute Gasteiger partial charge is 0.177 e. The summed E-state index contributed by atoms with van der Waals surface area (Å²) in [5.41, 5.74) is 0.421. The highest BCUT2D eigenvalue weighted by molar-refractivity contribution is 5.94. The summed E-state index contributed by atoms with van der Waals surface area (Å²) in [4.78, 5) is 16.0. The highest BCUT2D eigenvalue weighted by Crippen LogP contribution is 2.69. The zero-order chi connectivity index (χ0) is 20.0. The number of benzene rings is 1. The van der Waals surface area contributed by atoms with Gasteiger partial charge in [-0.2, -0.15) is 0 Å². The highest BCUT2D eigenvalue weighted by Gasteiger charge is 2.78. The van der Waals surface area contributed by atoms with Gasteiger partial charge in [-0.15, -0.1) is 0 Å². The minimum Gasteiger partial charge on any atom is -0.504 e. The lowest BCUT2D eigenvalue weighted by Gasteiger charge is -2.66. The maximum absolute atomic E-state index is 13.4. The lowest BCUT2D eigenvalue weighted by molar-refractivity contribution is -0.231. The number of ketones is 1. The monoisotopic (exact) mass is 397 g/mol. The van der Waals surface area contributed by atoms with Crippen molar-refractivity contribution in [3.05, 3.63) is 23.3 Å². The van der Waals surface area contributed by atoms with Crippen LogP contribution in [0.3, 0.4) is 0 Å². The molecule has 2 saturated carbocycles. The maximum Gasteiger partial charge on any atom is 0.177 e. The van der Waals surface area contributed by atoms with Crippen molar-refractivity contribution in [3.8, 4) is 11.5 Å². The molecule has 3 aliphatic carbocycles. The van der Waals surface area contributed by atoms with Gasteiger partial charge in [-0.25, -0.2) is 0 Å². The van der Waals surface area contributed by atoms with E-state index in [1.807, 2.05) is 6.92 Å². The van der Waals surface area contributed by atoms with Crippen LogP contribution in [0, 0.1) is 5.92 Å². The fourth-order valence-corrected chi connectivity index (χ4v) is 7.26. The summed E-state index contributed by atoms with van der Waals surface area (Å²) in [6.07, 6.45) is 6.64. The van der Waals surface area contributed by atoms with Gasteiger partial charge in [0.05, 0.1) is 11.0 Å². The summed E-state index contributed by atoms with van der Waals surface area (Å²) in [7, 11) is 0. The Kier molecular flexibility index (Phi) is 3.62. The number of carbonyl (C=O) groups excluding carboxylic acids is 1. The molecule has 5 heteroatoms. The number of carbonyl (C=O) groups is 1. The molecule has 1 aromatic rings. The molecule has 2 bridgehead atoms. The van der Waals surface area contributed by atoms with Crippen molar-refractivity contribution in [1.82, 2.24) is 4.90 Å². The van der Waals surface area contributed by atoms with Crippen molar-refractivity contribution in [1.29, 1.82) is 0 Å². The molecule has 1 spiro atoms. The Bertz CT molecular complexity index is 895. The van der Waals surface area contributed by atoms with E-state index in [1.165, 1.54) is 18.4 Å². The second-order valence-corrected chi connectivity index (χ2v) is 10.1. The topological polar surface area (TPSA) is 59.0 Å². The molecule has 5 nitrogen and oxygen atoms in total. The summed E-state index contributed by atoms with van der Waals surface area (Å²) in [5, 5.41) is 10.7. The van der Waals surface area contributed by atoms with E-state index in [0.717, 1.165) is 50.3 Å². The Morgan fingerprint density at radius 1 is 1.31 bits per heavy atom. The Hall–Kier alpha value is -1.59. The first-order valence-corrected chi connectivity index (χ1v) is 11.4. The molecule has 2 heterocycles. The van der Waals surface area contributed by atoms with Crippen molar-refractivity contribution >= 4 is 5.78 Å². The van der Waals surface area contributed by atoms with Crippen LogP contribution in [-0.2, 0) is 21.4 Å². The Morgan fingerprint density at radius 2 is 2.14 bits per heavy atom. The van der Waals surface area contributed by atoms with Gasteiger partial charge >= 0.3 is 0 Å². The second kappa shape index (κ2) is 5.76. The van der Waals surface area contributed by atoms with Gasteiger partial charge in [-0.1, -0.05) is 13.0 Å². The third kappa shape index (κ3) is 2.01. The molecular formula is C24H31NO4. The SMILES string of the molecule is CCCO[C@@]12CCC(=O)[C@]3(C)Oc4c(O)ccc5c4[C@@]31CCN(CC1CC1)[C@@H]2C5. The molecule has 3 fully saturated rings. The van der Waals surface area contributed by atoms with E-state index in [2.05, 4.69) is 17.9 Å². The standard InChI is InChI=1S/C24H31NO4/c1-3-12-28-24-9-8-19(27)22(2)23(24)10-11-25(14-15-4-5-15)18(24)13-16-6-7-17(26)21(29-22)20(16)23/h6-7,15,18,26H,3-5,8-14H2,1-2H3/t18-,22+,23+,24-/m1/s1. The number of hydrogen-bond acceptors (Lipinski definition) is 5. The predicted octanol–water partition coefficient (Wildman–Crippen LogP) is 3.35. The fourth-order valence-electron chi connectivity index (χ4n) is 7.26. The van der Waals surface area contributed by atoms with Crippen LogP contribution in [0.5, 0.6) is 11.5 Å². The van der Waals surface area contributed by atoms with E-state index < -0.39 is 16.6 Å². The number of phenolic OH excluding ortho intramolecular Hbond substituents is 1. The van der Waals surface area contributed by atoms with Crippen molar-refractivity contribution in [3.63, 3.8) is 0 Å². The number of nitrogens with zero attached hydrogens (tertiary/aromatic N) is 1. The lowest BCUT2D eigenvalue weighted by atomic mass is 9.45. The van der Waals surface area contributed by atoms with E-state index in [9.17, 15) is 9.90 Å². The Morgan fingerprint density at radius 3 is 2.90 bits per heavy atom. The van der Waals surface area contributed by atoms with Gasteiger partial charge in [-0.3, -0.25) is 9.69 Å². The maximum atomic E-state index is 13.4. The fraction of sp³-hybridized carbons (Fsp3) is 0.708. The molecule has 0 amide bonds. The quantitative estimate of drug-likeness (QED) is 0.826. The summed E-state index contributed by atoms with van der Waals surface area (Å²) in [5.74, 6) is 1.68. The van der Waals surface area contributed by atoms with E-state index in [4.69, 9.17) is 9.47 Å². The Balaban J connectivity index is 1.61. The largest absolute Gasteiger partial charge is 0.504 e. The van der Waals surface area contributed by atoms with Crippen LogP contribution in [0.25, 0.3) is 0 Å². The van der Waals surface area contributed by atoms with Crippen molar-refractivity contribution < 1.29 is 19.4 Å². The number of Topliss-reactive ketones (excluding diaryl/α,β-unsaturated/α-hetero) is 1. The minimum atomic E-state index is -0.959. The number of piperidine rings is 1. The lowest BCUT2D eigenvalue weighted by Crippen LogP contribution is -2.80. The summed E-state index contributed by atoms with van der Waals surface area (Å²) in [6.45, 7) is 6.94. The summed E-state index contributed by atoms with van der Waals surface area (Å²) >= 11 is 0. The van der Waals surface area contributed by atoms with Gasteiger partial charge in [0.1, 0.15) is 0 Å². The van der Waals surface area contributed by atoms with Gasteiger partial charge in [0, 0.05) is 31.2 Å². The van der Waals surface area contributed by atoms with Crippen LogP contribution in [0.1, 0.15) is 63.5 Å². The van der Waals surface area contributed by atoms with Crippen LogP contribution in [-0.4, -0.2) is 52.7 Å². The molecule has 1 saturated heterocycles. The van der Waals surface area contributed by atoms with Crippen molar-refractivity contribution in [2.75, 3.05) is 19.7 Å². The molecule has 4 atom stereocenters. The predicted molar refractivity (Wildman–Crippen MR) is 108 cm³/mol. The number of ether oxygens (including phenoxy) is 2. The molecule has 0 radical (unpaired) electrons. The third-order valence-electron chi connectivity index (χ3n) is 8.67. The molecular weight excluding hydrogens is 366 g/mol. The van der Waals surface area contributed by atoms with Crippen LogP contribution in [0.15, 0.2) is 12.1 Å². The first kappa shape index (κ1) is 18.2. The number of likely N-dealkylation sites (tertiary alicyclic amines) is 1. The van der Waals surface area contributed by atoms with Gasteiger partial charge in [-0.05, 0) is 69.5 Å². The minimum absolute atomic E-state index is 0.157. The normalized spacial score (nSPS) is 39.9. The molecule has 5 aliphatic rings. The zero-order valence-corrected chi connectivity index (χ0v) is 17.5. The molecule has 1 N–H and O–H groups in total. The van der Waals surface area contributed by atoms with Gasteiger partial charge in [0.25, 0.3) is 0 Å². The Labute approximate surface area is 172 Å². The second-order valence-electron chi connectivity index (χ2n) is 10.1. The van der Waals surface area contributed by atoms with Gasteiger partial charge < -0.3 is 14.6 Å². The molecule has 1 aromatic carbocycles. The molecule has 6 rings (SSSR count). The number of hydrogen-bond donors (Lipinski definition) is 1.